The van der Waals surface area contributed by atoms with Crippen molar-refractivity contribution < 1.29 is 0 Å². The van der Waals surface area contributed by atoms with E-state index in [1.807, 2.05) is 0 Å². The molecule has 2 nitrogen and oxygen atoms in total. The lowest BCUT2D eigenvalue weighted by atomic mass is 9.84. The number of hydrogen-bond acceptors (Lipinski definition) is 2. The molecular weight excluding hydrogens is 725 g/mol. The summed E-state index contributed by atoms with van der Waals surface area (Å²) in [6.07, 6.45) is 0. The monoisotopic (exact) mass is 766 g/mol. The largest absolute Gasteiger partial charge is 0.310 e. The Morgan fingerprint density at radius 3 is 0.783 bits per heavy atom. The van der Waals surface area contributed by atoms with Gasteiger partial charge in [-0.25, -0.2) is 0 Å². The summed E-state index contributed by atoms with van der Waals surface area (Å²) < 4.78 is 0. The van der Waals surface area contributed by atoms with E-state index in [1.165, 1.54) is 54.9 Å². The number of benzene rings is 10. The molecular formula is C58H42N2. The second kappa shape index (κ2) is 16.5. The second-order valence-corrected chi connectivity index (χ2v) is 15.0. The van der Waals surface area contributed by atoms with Crippen LogP contribution < -0.4 is 9.80 Å². The third-order valence-electron chi connectivity index (χ3n) is 11.2. The van der Waals surface area contributed by atoms with Gasteiger partial charge in [0.2, 0.25) is 0 Å². The lowest BCUT2D eigenvalue weighted by Gasteiger charge is -2.26. The molecule has 10 aromatic rings. The zero-order chi connectivity index (χ0) is 40.1. The molecule has 0 unspecified atom stereocenters. The summed E-state index contributed by atoms with van der Waals surface area (Å²) in [7, 11) is 0. The van der Waals surface area contributed by atoms with Crippen LogP contribution in [0.5, 0.6) is 0 Å². The Kier molecular flexibility index (Phi) is 10.0. The van der Waals surface area contributed by atoms with E-state index in [0.29, 0.717) is 0 Å². The first-order valence-corrected chi connectivity index (χ1v) is 20.5. The van der Waals surface area contributed by atoms with Crippen molar-refractivity contribution >= 4 is 66.8 Å². The van der Waals surface area contributed by atoms with Crippen molar-refractivity contribution in [1.29, 1.82) is 0 Å². The Bertz CT molecular complexity index is 2760. The average Bonchev–Trinajstić information content (AvgIpc) is 3.32. The van der Waals surface area contributed by atoms with E-state index in [-0.39, 0.29) is 0 Å². The van der Waals surface area contributed by atoms with E-state index in [4.69, 9.17) is 0 Å². The molecule has 0 saturated carbocycles. The molecule has 0 spiro atoms. The van der Waals surface area contributed by atoms with Gasteiger partial charge in [0.15, 0.2) is 0 Å². The second-order valence-electron chi connectivity index (χ2n) is 15.0. The highest BCUT2D eigenvalue weighted by Gasteiger charge is 2.19. The minimum atomic E-state index is 1.12. The zero-order valence-electron chi connectivity index (χ0n) is 33.1. The van der Waals surface area contributed by atoms with Gasteiger partial charge in [0, 0.05) is 34.1 Å². The fraction of sp³-hybridized carbons (Fsp3) is 0. The van der Waals surface area contributed by atoms with Crippen LogP contribution in [0.4, 0.5) is 34.1 Å². The van der Waals surface area contributed by atoms with Crippen LogP contribution in [0.1, 0.15) is 22.3 Å². The molecule has 0 amide bonds. The van der Waals surface area contributed by atoms with Crippen LogP contribution in [-0.4, -0.2) is 0 Å². The first-order valence-electron chi connectivity index (χ1n) is 20.5. The van der Waals surface area contributed by atoms with Gasteiger partial charge in [-0.2, -0.15) is 0 Å². The molecule has 2 heteroatoms. The van der Waals surface area contributed by atoms with E-state index in [9.17, 15) is 0 Å². The molecule has 0 atom stereocenters. The van der Waals surface area contributed by atoms with E-state index >= 15 is 0 Å². The number of hydrogen-bond donors (Lipinski definition) is 0. The molecule has 0 fully saturated rings. The average molecular weight is 767 g/mol. The van der Waals surface area contributed by atoms with Gasteiger partial charge in [-0.05, 0) is 140 Å². The highest BCUT2D eigenvalue weighted by Crippen LogP contribution is 2.42. The van der Waals surface area contributed by atoms with Gasteiger partial charge >= 0.3 is 0 Å². The third-order valence-corrected chi connectivity index (χ3v) is 11.2. The normalized spacial score (nSPS) is 11.6. The highest BCUT2D eigenvalue weighted by atomic mass is 15.1. The van der Waals surface area contributed by atoms with Crippen molar-refractivity contribution in [3.63, 3.8) is 0 Å². The molecule has 0 saturated heterocycles. The number of rotatable bonds is 10. The molecule has 0 aliphatic heterocycles. The number of anilines is 6. The Morgan fingerprint density at radius 2 is 0.467 bits per heavy atom. The van der Waals surface area contributed by atoms with Gasteiger partial charge in [-0.15, -0.1) is 0 Å². The van der Waals surface area contributed by atoms with Crippen LogP contribution in [0.3, 0.4) is 0 Å². The highest BCUT2D eigenvalue weighted by molar-refractivity contribution is 6.07. The van der Waals surface area contributed by atoms with Crippen molar-refractivity contribution in [1.82, 2.24) is 0 Å². The topological polar surface area (TPSA) is 6.48 Å². The van der Waals surface area contributed by atoms with Gasteiger partial charge < -0.3 is 9.80 Å². The van der Waals surface area contributed by atoms with Gasteiger partial charge in [0.05, 0.1) is 0 Å². The summed E-state index contributed by atoms with van der Waals surface area (Å²) in [5, 5.41) is 4.74. The van der Waals surface area contributed by atoms with Crippen LogP contribution in [0.25, 0.3) is 32.7 Å². The quantitative estimate of drug-likeness (QED) is 0.128. The summed E-state index contributed by atoms with van der Waals surface area (Å²) in [6, 6.07) is 91.5. The maximum atomic E-state index is 2.36. The van der Waals surface area contributed by atoms with E-state index in [0.717, 1.165) is 34.1 Å². The molecule has 0 radical (unpaired) electrons. The molecule has 0 bridgehead atoms. The standard InChI is InChI=1S/C58H42N2/c1-7-19-43(20-8-1)57(49-33-31-47-41-55(37-35-45(47)39-49)59(51-23-11-3-12-24-51)52-25-13-4-14-26-52)58(44-21-9-2-10-22-44)50-34-32-48-42-56(38-36-46(48)40-50)60(53-27-15-5-16-28-53)54-29-17-6-18-30-54/h1-42H/b58-57+. The molecule has 284 valence electrons. The molecule has 0 aliphatic rings. The van der Waals surface area contributed by atoms with Gasteiger partial charge in [0.25, 0.3) is 0 Å². The SMILES string of the molecule is c1ccc(/C(=C(/c2ccccc2)c2ccc3cc(N(c4ccccc4)c4ccccc4)ccc3c2)c2ccc3cc(N(c4ccccc4)c4ccccc4)ccc3c2)cc1. The number of fused-ring (bicyclic) bond motifs is 2. The zero-order valence-corrected chi connectivity index (χ0v) is 33.1. The van der Waals surface area contributed by atoms with E-state index < -0.39 is 0 Å². The third kappa shape index (κ3) is 7.35. The Hall–Kier alpha value is -7.94. The van der Waals surface area contributed by atoms with E-state index in [1.54, 1.807) is 0 Å². The molecule has 0 N–H and O–H groups in total. The maximum absolute atomic E-state index is 2.36. The van der Waals surface area contributed by atoms with Crippen molar-refractivity contribution in [2.24, 2.45) is 0 Å². The number of nitrogens with zero attached hydrogens (tertiary/aromatic N) is 2. The number of para-hydroxylation sites is 4. The minimum Gasteiger partial charge on any atom is -0.310 e. The summed E-state index contributed by atoms with van der Waals surface area (Å²) in [5.74, 6) is 0. The maximum Gasteiger partial charge on any atom is 0.0468 e. The van der Waals surface area contributed by atoms with Crippen LogP contribution in [0.15, 0.2) is 255 Å². The van der Waals surface area contributed by atoms with Crippen molar-refractivity contribution in [2.45, 2.75) is 0 Å². The lowest BCUT2D eigenvalue weighted by molar-refractivity contribution is 1.29. The van der Waals surface area contributed by atoms with Gasteiger partial charge in [0.1, 0.15) is 0 Å². The van der Waals surface area contributed by atoms with Crippen LogP contribution in [-0.2, 0) is 0 Å². The fourth-order valence-electron chi connectivity index (χ4n) is 8.38. The van der Waals surface area contributed by atoms with Crippen LogP contribution in [0.2, 0.25) is 0 Å². The molecule has 10 rings (SSSR count). The molecule has 10 aromatic carbocycles. The fourth-order valence-corrected chi connectivity index (χ4v) is 8.38. The lowest BCUT2D eigenvalue weighted by Crippen LogP contribution is -2.09. The molecule has 0 aromatic heterocycles. The van der Waals surface area contributed by atoms with E-state index in [2.05, 4.69) is 265 Å². The summed E-state index contributed by atoms with van der Waals surface area (Å²) >= 11 is 0. The van der Waals surface area contributed by atoms with Crippen molar-refractivity contribution in [3.8, 4) is 0 Å². The summed E-state index contributed by atoms with van der Waals surface area (Å²) in [6.45, 7) is 0. The van der Waals surface area contributed by atoms with Crippen LogP contribution >= 0.6 is 0 Å². The predicted octanol–water partition coefficient (Wildman–Crippen LogP) is 15.9. The summed E-state index contributed by atoms with van der Waals surface area (Å²) in [5.41, 5.74) is 13.8. The van der Waals surface area contributed by atoms with Gasteiger partial charge in [-0.1, -0.05) is 170 Å². The molecule has 60 heavy (non-hydrogen) atoms. The predicted molar refractivity (Wildman–Crippen MR) is 255 cm³/mol. The smallest absolute Gasteiger partial charge is 0.0468 e. The minimum absolute atomic E-state index is 1.12. The Labute approximate surface area is 352 Å². The van der Waals surface area contributed by atoms with Crippen molar-refractivity contribution in [3.05, 3.63) is 277 Å². The summed E-state index contributed by atoms with van der Waals surface area (Å²) in [4.78, 5) is 4.64. The van der Waals surface area contributed by atoms with Crippen LogP contribution in [0, 0.1) is 0 Å². The first-order chi connectivity index (χ1) is 29.8. The van der Waals surface area contributed by atoms with Gasteiger partial charge in [-0.3, -0.25) is 0 Å². The Balaban J connectivity index is 1.11. The van der Waals surface area contributed by atoms with Crippen molar-refractivity contribution in [2.75, 3.05) is 9.80 Å². The molecule has 0 heterocycles. The molecule has 0 aliphatic carbocycles. The Morgan fingerprint density at radius 1 is 0.200 bits per heavy atom. The first kappa shape index (κ1) is 36.4.